The van der Waals surface area contributed by atoms with Gasteiger partial charge in [-0.25, -0.2) is 0 Å². The first-order valence-electron chi connectivity index (χ1n) is 8.20. The van der Waals surface area contributed by atoms with Gasteiger partial charge in [-0.1, -0.05) is 32.9 Å². The molecule has 1 aromatic carbocycles. The Hall–Kier alpha value is -1.50. The Labute approximate surface area is 152 Å². The van der Waals surface area contributed by atoms with Gasteiger partial charge in [0.25, 0.3) is 0 Å². The minimum Gasteiger partial charge on any atom is -0.497 e. The molecule has 0 aliphatic carbocycles. The first-order chi connectivity index (χ1) is 11.5. The van der Waals surface area contributed by atoms with E-state index in [9.17, 15) is 9.90 Å². The van der Waals surface area contributed by atoms with Crippen LogP contribution in [0, 0.1) is 0 Å². The third-order valence-electron chi connectivity index (χ3n) is 4.08. The van der Waals surface area contributed by atoms with Crippen molar-refractivity contribution < 1.29 is 18.8 Å². The normalized spacial score (nSPS) is 14.4. The number of aliphatic hydroxyl groups is 1. The van der Waals surface area contributed by atoms with Gasteiger partial charge in [-0.3, -0.25) is 4.79 Å². The van der Waals surface area contributed by atoms with E-state index in [0.717, 1.165) is 11.3 Å². The topological polar surface area (TPSA) is 67.8 Å². The Balaban J connectivity index is 2.38. The van der Waals surface area contributed by atoms with Crippen molar-refractivity contribution in [2.45, 2.75) is 31.6 Å². The maximum atomic E-state index is 11.8. The molecule has 1 unspecified atom stereocenters. The van der Waals surface area contributed by atoms with E-state index in [1.807, 2.05) is 24.3 Å². The second-order valence-electron chi connectivity index (χ2n) is 7.14. The molecule has 2 N–H and O–H groups in total. The van der Waals surface area contributed by atoms with Crippen LogP contribution in [0.2, 0.25) is 0 Å². The largest absolute Gasteiger partial charge is 0.497 e. The van der Waals surface area contributed by atoms with Crippen molar-refractivity contribution in [3.05, 3.63) is 35.9 Å². The third kappa shape index (κ3) is 7.50. The first kappa shape index (κ1) is 21.5. The van der Waals surface area contributed by atoms with Crippen LogP contribution < -0.4 is 10.1 Å². The molecule has 25 heavy (non-hydrogen) atoms. The predicted molar refractivity (Wildman–Crippen MR) is 106 cm³/mol. The summed E-state index contributed by atoms with van der Waals surface area (Å²) >= 11 is 0. The van der Waals surface area contributed by atoms with Crippen molar-refractivity contribution in [1.82, 2.24) is 5.32 Å². The van der Waals surface area contributed by atoms with Crippen molar-refractivity contribution >= 4 is 22.3 Å². The van der Waals surface area contributed by atoms with Crippen molar-refractivity contribution in [1.29, 1.82) is 0 Å². The van der Waals surface area contributed by atoms with E-state index in [-0.39, 0.29) is 23.8 Å². The summed E-state index contributed by atoms with van der Waals surface area (Å²) in [7, 11) is 0.328. The summed E-state index contributed by atoms with van der Waals surface area (Å²) in [6.07, 6.45) is 6.59. The van der Waals surface area contributed by atoms with Crippen LogP contribution in [0.3, 0.4) is 0 Å². The van der Waals surface area contributed by atoms with E-state index in [1.54, 1.807) is 13.2 Å². The SMILES string of the molecule is COc1ccc(/C=C/C(=O)NCC(O)COS(C)(C)C(C)(C)C)cc1. The second-order valence-corrected chi connectivity index (χ2v) is 11.1. The van der Waals surface area contributed by atoms with Crippen molar-refractivity contribution in [3.8, 4) is 5.75 Å². The molecule has 5 nitrogen and oxygen atoms in total. The van der Waals surface area contributed by atoms with Gasteiger partial charge in [0.15, 0.2) is 0 Å². The molecule has 0 fully saturated rings. The van der Waals surface area contributed by atoms with Crippen LogP contribution in [-0.2, 0) is 8.98 Å². The number of ether oxygens (including phenoxy) is 1. The van der Waals surface area contributed by atoms with Crippen LogP contribution in [0.5, 0.6) is 5.75 Å². The number of nitrogens with one attached hydrogen (secondary N) is 1. The molecular weight excluding hydrogens is 338 g/mol. The lowest BCUT2D eigenvalue weighted by molar-refractivity contribution is -0.116. The number of benzene rings is 1. The maximum Gasteiger partial charge on any atom is 0.244 e. The lowest BCUT2D eigenvalue weighted by atomic mass is 10.2. The summed E-state index contributed by atoms with van der Waals surface area (Å²) in [5.41, 5.74) is 0.898. The molecule has 0 bridgehead atoms. The highest BCUT2D eigenvalue weighted by Gasteiger charge is 2.29. The molecule has 1 aromatic rings. The van der Waals surface area contributed by atoms with Gasteiger partial charge in [0, 0.05) is 17.4 Å². The second kappa shape index (κ2) is 9.27. The average molecular weight is 370 g/mol. The summed E-state index contributed by atoms with van der Waals surface area (Å²) in [4.78, 5) is 11.8. The minimum atomic E-state index is -1.28. The molecule has 0 saturated carbocycles. The number of hydrogen-bond donors (Lipinski definition) is 2. The fraction of sp³-hybridized carbons (Fsp3) is 0.526. The number of amides is 1. The van der Waals surface area contributed by atoms with Gasteiger partial charge in [0.1, 0.15) is 5.75 Å². The van der Waals surface area contributed by atoms with Gasteiger partial charge in [0.2, 0.25) is 5.91 Å². The summed E-state index contributed by atoms with van der Waals surface area (Å²) in [5, 5.41) is 12.7. The summed E-state index contributed by atoms with van der Waals surface area (Å²) in [6.45, 7) is 6.74. The quantitative estimate of drug-likeness (QED) is 0.691. The Morgan fingerprint density at radius 3 is 2.40 bits per heavy atom. The predicted octanol–water partition coefficient (Wildman–Crippen LogP) is 2.98. The Bertz CT molecular complexity index is 576. The highest BCUT2D eigenvalue weighted by molar-refractivity contribution is 8.29. The molecule has 0 radical (unpaired) electrons. The van der Waals surface area contributed by atoms with Crippen molar-refractivity contribution in [3.63, 3.8) is 0 Å². The summed E-state index contributed by atoms with van der Waals surface area (Å²) in [6, 6.07) is 7.39. The van der Waals surface area contributed by atoms with E-state index < -0.39 is 16.4 Å². The van der Waals surface area contributed by atoms with Gasteiger partial charge >= 0.3 is 0 Å². The molecule has 1 atom stereocenters. The van der Waals surface area contributed by atoms with E-state index in [2.05, 4.69) is 38.6 Å². The smallest absolute Gasteiger partial charge is 0.244 e. The molecule has 142 valence electrons. The van der Waals surface area contributed by atoms with Gasteiger partial charge < -0.3 is 19.3 Å². The van der Waals surface area contributed by atoms with Gasteiger partial charge in [-0.15, -0.1) is 10.3 Å². The monoisotopic (exact) mass is 369 g/mol. The van der Waals surface area contributed by atoms with Gasteiger partial charge in [0.05, 0.1) is 19.8 Å². The average Bonchev–Trinajstić information content (AvgIpc) is 2.55. The van der Waals surface area contributed by atoms with E-state index >= 15 is 0 Å². The summed E-state index contributed by atoms with van der Waals surface area (Å²) in [5.74, 6) is 0.516. The molecule has 0 aromatic heterocycles. The van der Waals surface area contributed by atoms with E-state index in [4.69, 9.17) is 8.92 Å². The highest BCUT2D eigenvalue weighted by atomic mass is 32.3. The maximum absolute atomic E-state index is 11.8. The number of methoxy groups -OCH3 is 1. The fourth-order valence-corrected chi connectivity index (χ4v) is 2.50. The standard InChI is InChI=1S/C19H31NO4S/c1-19(2,3)25(5,6)24-14-16(21)13-20-18(22)12-9-15-7-10-17(23-4)11-8-15/h7-12,16,21H,13-14H2,1-6H3,(H,20,22)/b12-9+. The van der Waals surface area contributed by atoms with Crippen LogP contribution in [0.15, 0.2) is 30.3 Å². The number of rotatable bonds is 8. The number of aliphatic hydroxyl groups excluding tert-OH is 1. The molecule has 1 amide bonds. The van der Waals surface area contributed by atoms with Crippen LogP contribution >= 0.6 is 10.3 Å². The zero-order chi connectivity index (χ0) is 19.1. The molecule has 0 aliphatic rings. The van der Waals surface area contributed by atoms with Crippen LogP contribution in [0.25, 0.3) is 6.08 Å². The lowest BCUT2D eigenvalue weighted by Crippen LogP contribution is -2.35. The van der Waals surface area contributed by atoms with Gasteiger partial charge in [-0.05, 0) is 36.3 Å². The fourth-order valence-electron chi connectivity index (χ4n) is 1.65. The van der Waals surface area contributed by atoms with E-state index in [0.29, 0.717) is 0 Å². The number of carbonyl (C=O) groups excluding carboxylic acids is 1. The minimum absolute atomic E-state index is 0.0388. The van der Waals surface area contributed by atoms with Crippen LogP contribution in [-0.4, -0.2) is 54.6 Å². The molecule has 0 spiro atoms. The first-order valence-corrected chi connectivity index (χ1v) is 10.6. The molecule has 1 rings (SSSR count). The molecule has 0 saturated heterocycles. The Morgan fingerprint density at radius 1 is 1.28 bits per heavy atom. The van der Waals surface area contributed by atoms with E-state index in [1.165, 1.54) is 6.08 Å². The number of carbonyl (C=O) groups is 1. The van der Waals surface area contributed by atoms with Crippen molar-refractivity contribution in [2.24, 2.45) is 0 Å². The number of hydrogen-bond acceptors (Lipinski definition) is 4. The Kier molecular flexibility index (Phi) is 7.99. The zero-order valence-electron chi connectivity index (χ0n) is 16.0. The molecule has 0 heterocycles. The third-order valence-corrected chi connectivity index (χ3v) is 7.76. The zero-order valence-corrected chi connectivity index (χ0v) is 16.9. The van der Waals surface area contributed by atoms with Crippen molar-refractivity contribution in [2.75, 3.05) is 32.8 Å². The lowest BCUT2D eigenvalue weighted by Gasteiger charge is -2.44. The van der Waals surface area contributed by atoms with Gasteiger partial charge in [-0.2, -0.15) is 0 Å². The Morgan fingerprint density at radius 2 is 1.88 bits per heavy atom. The molecular formula is C19H31NO4S. The highest BCUT2D eigenvalue weighted by Crippen LogP contribution is 2.53. The van der Waals surface area contributed by atoms with Crippen LogP contribution in [0.1, 0.15) is 26.3 Å². The summed E-state index contributed by atoms with van der Waals surface area (Å²) < 4.78 is 11.0. The van der Waals surface area contributed by atoms with Crippen LogP contribution in [0.4, 0.5) is 0 Å². The molecule has 6 heteroatoms. The molecule has 0 aliphatic heterocycles.